The van der Waals surface area contributed by atoms with Crippen LogP contribution >= 0.6 is 0 Å². The number of rotatable bonds is 10. The van der Waals surface area contributed by atoms with Crippen molar-refractivity contribution in [3.8, 4) is 11.5 Å². The summed E-state index contributed by atoms with van der Waals surface area (Å²) in [5, 5.41) is 0. The third kappa shape index (κ3) is 6.13. The van der Waals surface area contributed by atoms with Crippen LogP contribution in [0.15, 0.2) is 24.3 Å². The molecule has 2 nitrogen and oxygen atoms in total. The topological polar surface area (TPSA) is 18.5 Å². The Kier molecular flexibility index (Phi) is 9.20. The van der Waals surface area contributed by atoms with Crippen LogP contribution in [0.3, 0.4) is 0 Å². The van der Waals surface area contributed by atoms with Gasteiger partial charge in [-0.3, -0.25) is 0 Å². The molecule has 0 saturated carbocycles. The minimum Gasteiger partial charge on any atom is -0.496 e. The molecule has 0 saturated heterocycles. The van der Waals surface area contributed by atoms with Gasteiger partial charge in [-0.15, -0.1) is 0 Å². The summed E-state index contributed by atoms with van der Waals surface area (Å²) in [6.07, 6.45) is 13.1. The Labute approximate surface area is 142 Å². The first-order valence-electron chi connectivity index (χ1n) is 8.80. The van der Waals surface area contributed by atoms with Gasteiger partial charge in [-0.05, 0) is 38.3 Å². The maximum atomic E-state index is 6.19. The summed E-state index contributed by atoms with van der Waals surface area (Å²) >= 11 is 0. The molecule has 1 atom stereocenters. The summed E-state index contributed by atoms with van der Waals surface area (Å²) in [6, 6.07) is 4.14. The molecular formula is C21H32O2. The summed E-state index contributed by atoms with van der Waals surface area (Å²) < 4.78 is 11.7. The lowest BCUT2D eigenvalue weighted by Gasteiger charge is -2.18. The molecule has 0 spiro atoms. The number of hydrogen-bond donors (Lipinski definition) is 0. The summed E-state index contributed by atoms with van der Waals surface area (Å²) in [5.74, 6) is 2.44. The Morgan fingerprint density at radius 3 is 2.13 bits per heavy atom. The van der Waals surface area contributed by atoms with E-state index in [1.807, 2.05) is 26.0 Å². The van der Waals surface area contributed by atoms with Crippen molar-refractivity contribution in [1.82, 2.24) is 0 Å². The first-order valence-corrected chi connectivity index (χ1v) is 8.80. The fourth-order valence-corrected chi connectivity index (χ4v) is 2.62. The molecule has 0 heterocycles. The quantitative estimate of drug-likeness (QED) is 0.500. The molecule has 0 aromatic heterocycles. The molecule has 1 aromatic carbocycles. The van der Waals surface area contributed by atoms with Crippen molar-refractivity contribution < 1.29 is 9.47 Å². The van der Waals surface area contributed by atoms with Crippen LogP contribution in [0.1, 0.15) is 64.5 Å². The lowest BCUT2D eigenvalue weighted by molar-refractivity contribution is 0.232. The molecule has 0 fully saturated rings. The van der Waals surface area contributed by atoms with E-state index in [1.165, 1.54) is 19.3 Å². The van der Waals surface area contributed by atoms with Crippen LogP contribution in [-0.2, 0) is 0 Å². The molecule has 0 bridgehead atoms. The van der Waals surface area contributed by atoms with Gasteiger partial charge in [0.05, 0.1) is 13.7 Å². The molecular weight excluding hydrogens is 284 g/mol. The number of methoxy groups -OCH3 is 1. The Balaban J connectivity index is 3.00. The van der Waals surface area contributed by atoms with Gasteiger partial charge in [-0.1, -0.05) is 57.4 Å². The molecule has 1 rings (SSSR count). The highest BCUT2D eigenvalue weighted by Gasteiger charge is 2.11. The molecule has 128 valence electrons. The molecule has 0 radical (unpaired) electrons. The van der Waals surface area contributed by atoms with Gasteiger partial charge in [0.25, 0.3) is 0 Å². The molecule has 1 unspecified atom stereocenters. The minimum atomic E-state index is 0.626. The molecule has 1 aromatic rings. The fourth-order valence-electron chi connectivity index (χ4n) is 2.62. The zero-order valence-electron chi connectivity index (χ0n) is 15.4. The minimum absolute atomic E-state index is 0.626. The van der Waals surface area contributed by atoms with E-state index in [0.29, 0.717) is 5.92 Å². The molecule has 0 aliphatic rings. The van der Waals surface area contributed by atoms with Crippen LogP contribution in [0.2, 0.25) is 0 Å². The first-order chi connectivity index (χ1) is 11.2. The predicted octanol–water partition coefficient (Wildman–Crippen LogP) is 6.36. The predicted molar refractivity (Wildman–Crippen MR) is 101 cm³/mol. The number of unbranched alkanes of at least 4 members (excludes halogenated alkanes) is 1. The Morgan fingerprint density at radius 1 is 1.00 bits per heavy atom. The van der Waals surface area contributed by atoms with Gasteiger partial charge in [0.2, 0.25) is 0 Å². The second-order valence-electron chi connectivity index (χ2n) is 5.86. The summed E-state index contributed by atoms with van der Waals surface area (Å²) in [6.45, 7) is 9.30. The van der Waals surface area contributed by atoms with E-state index >= 15 is 0 Å². The molecule has 0 aliphatic carbocycles. The molecule has 0 amide bonds. The zero-order chi connectivity index (χ0) is 17.1. The maximum absolute atomic E-state index is 6.19. The first kappa shape index (κ1) is 19.3. The normalized spacial score (nSPS) is 12.9. The Bertz CT molecular complexity index is 515. The van der Waals surface area contributed by atoms with Crippen molar-refractivity contribution in [3.05, 3.63) is 35.4 Å². The van der Waals surface area contributed by atoms with E-state index in [2.05, 4.69) is 38.1 Å². The monoisotopic (exact) mass is 316 g/mol. The van der Waals surface area contributed by atoms with Gasteiger partial charge in [0.15, 0.2) is 0 Å². The lowest BCUT2D eigenvalue weighted by atomic mass is 10.0. The van der Waals surface area contributed by atoms with Crippen molar-refractivity contribution in [3.63, 3.8) is 0 Å². The molecule has 0 aliphatic heterocycles. The van der Waals surface area contributed by atoms with Crippen molar-refractivity contribution in [2.75, 3.05) is 13.7 Å². The number of hydrogen-bond acceptors (Lipinski definition) is 2. The summed E-state index contributed by atoms with van der Waals surface area (Å²) in [7, 11) is 1.71. The van der Waals surface area contributed by atoms with Gasteiger partial charge in [0.1, 0.15) is 11.5 Å². The number of ether oxygens (including phenoxy) is 2. The van der Waals surface area contributed by atoms with E-state index in [4.69, 9.17) is 9.47 Å². The van der Waals surface area contributed by atoms with Crippen molar-refractivity contribution in [2.45, 2.75) is 53.4 Å². The van der Waals surface area contributed by atoms with E-state index < -0.39 is 0 Å². The van der Waals surface area contributed by atoms with Crippen LogP contribution in [0.5, 0.6) is 11.5 Å². The second kappa shape index (κ2) is 10.9. The van der Waals surface area contributed by atoms with Gasteiger partial charge in [0, 0.05) is 11.1 Å². The Morgan fingerprint density at radius 2 is 1.61 bits per heavy atom. The van der Waals surface area contributed by atoms with Gasteiger partial charge in [-0.2, -0.15) is 0 Å². The molecule has 23 heavy (non-hydrogen) atoms. The highest BCUT2D eigenvalue weighted by atomic mass is 16.5. The third-order valence-electron chi connectivity index (χ3n) is 4.07. The highest BCUT2D eigenvalue weighted by molar-refractivity contribution is 5.67. The summed E-state index contributed by atoms with van der Waals surface area (Å²) in [5.41, 5.74) is 2.13. The average molecular weight is 316 g/mol. The van der Waals surface area contributed by atoms with Gasteiger partial charge >= 0.3 is 0 Å². The largest absolute Gasteiger partial charge is 0.496 e. The van der Waals surface area contributed by atoms with E-state index in [-0.39, 0.29) is 0 Å². The van der Waals surface area contributed by atoms with Gasteiger partial charge < -0.3 is 9.47 Å². The molecule has 2 heteroatoms. The molecule has 0 N–H and O–H groups in total. The smallest absolute Gasteiger partial charge is 0.127 e. The van der Waals surface area contributed by atoms with Crippen LogP contribution < -0.4 is 9.47 Å². The lowest BCUT2D eigenvalue weighted by Crippen LogP contribution is -2.12. The van der Waals surface area contributed by atoms with Crippen LogP contribution in [0.4, 0.5) is 0 Å². The Hall–Kier alpha value is -1.70. The van der Waals surface area contributed by atoms with E-state index in [0.717, 1.165) is 35.7 Å². The number of benzene rings is 1. The third-order valence-corrected chi connectivity index (χ3v) is 4.07. The van der Waals surface area contributed by atoms with Gasteiger partial charge in [-0.25, -0.2) is 0 Å². The SMILES string of the molecule is CC=Cc1cc(OCC(CC)CCCC)c(C=CC)cc1OC. The van der Waals surface area contributed by atoms with Crippen LogP contribution in [0.25, 0.3) is 12.2 Å². The van der Waals surface area contributed by atoms with E-state index in [1.54, 1.807) is 7.11 Å². The second-order valence-corrected chi connectivity index (χ2v) is 5.86. The van der Waals surface area contributed by atoms with E-state index in [9.17, 15) is 0 Å². The van der Waals surface area contributed by atoms with Crippen molar-refractivity contribution in [1.29, 1.82) is 0 Å². The summed E-state index contributed by atoms with van der Waals surface area (Å²) in [4.78, 5) is 0. The van der Waals surface area contributed by atoms with Crippen molar-refractivity contribution in [2.24, 2.45) is 5.92 Å². The van der Waals surface area contributed by atoms with Crippen LogP contribution in [0, 0.1) is 5.92 Å². The maximum Gasteiger partial charge on any atom is 0.127 e. The standard InChI is InChI=1S/C21H32O2/c1-6-10-13-17(9-4)16-23-21-15-18(11-7-2)20(22-5)14-19(21)12-8-3/h7-8,11-12,14-15,17H,6,9-10,13,16H2,1-5H3. The average Bonchev–Trinajstić information content (AvgIpc) is 2.57. The number of allylic oxidation sites excluding steroid dienone is 2. The highest BCUT2D eigenvalue weighted by Crippen LogP contribution is 2.31. The fraction of sp³-hybridized carbons (Fsp3) is 0.524. The van der Waals surface area contributed by atoms with Crippen molar-refractivity contribution >= 4 is 12.2 Å². The zero-order valence-corrected chi connectivity index (χ0v) is 15.4. The van der Waals surface area contributed by atoms with Crippen LogP contribution in [-0.4, -0.2) is 13.7 Å².